The molecule has 0 bridgehead atoms. The molecule has 1 rings (SSSR count). The van der Waals surface area contributed by atoms with Crippen molar-refractivity contribution < 1.29 is 19.8 Å². The molecule has 0 aromatic heterocycles. The van der Waals surface area contributed by atoms with Crippen LogP contribution >= 0.6 is 0 Å². The van der Waals surface area contributed by atoms with Crippen LogP contribution in [0.25, 0.3) is 0 Å². The maximum absolute atomic E-state index is 11.8. The molecule has 0 radical (unpaired) electrons. The summed E-state index contributed by atoms with van der Waals surface area (Å²) in [5.41, 5.74) is 0. The Bertz CT molecular complexity index is 437. The van der Waals surface area contributed by atoms with Crippen LogP contribution in [0.15, 0.2) is 0 Å². The summed E-state index contributed by atoms with van der Waals surface area (Å²) < 4.78 is 0. The van der Waals surface area contributed by atoms with Gasteiger partial charge in [-0.25, -0.2) is 9.59 Å². The molecule has 0 aromatic rings. The lowest BCUT2D eigenvalue weighted by Gasteiger charge is -2.35. The SMILES string of the molecule is CC(C)CN(CC(CCCN1CCCC1)N(CC(C)C)C(=O)O)C(=O)O. The zero-order chi connectivity index (χ0) is 19.7. The molecule has 0 aromatic carbocycles. The van der Waals surface area contributed by atoms with E-state index >= 15 is 0 Å². The van der Waals surface area contributed by atoms with Crippen molar-refractivity contribution in [2.24, 2.45) is 11.8 Å². The Morgan fingerprint density at radius 3 is 1.96 bits per heavy atom. The van der Waals surface area contributed by atoms with E-state index in [-0.39, 0.29) is 24.4 Å². The van der Waals surface area contributed by atoms with E-state index < -0.39 is 12.2 Å². The first-order valence-electron chi connectivity index (χ1n) is 9.90. The van der Waals surface area contributed by atoms with Gasteiger partial charge in [0, 0.05) is 19.6 Å². The first-order valence-corrected chi connectivity index (χ1v) is 9.90. The number of rotatable bonds is 11. The molecule has 1 atom stereocenters. The molecule has 0 spiro atoms. The van der Waals surface area contributed by atoms with Crippen LogP contribution in [0.3, 0.4) is 0 Å². The monoisotopic (exact) mass is 371 g/mol. The van der Waals surface area contributed by atoms with Gasteiger partial charge in [0.15, 0.2) is 0 Å². The van der Waals surface area contributed by atoms with E-state index in [2.05, 4.69) is 4.90 Å². The van der Waals surface area contributed by atoms with Crippen molar-refractivity contribution in [3.63, 3.8) is 0 Å². The number of hydrogen-bond acceptors (Lipinski definition) is 3. The van der Waals surface area contributed by atoms with Crippen molar-refractivity contribution in [2.75, 3.05) is 39.3 Å². The summed E-state index contributed by atoms with van der Waals surface area (Å²) in [5.74, 6) is 0.412. The van der Waals surface area contributed by atoms with Gasteiger partial charge < -0.3 is 24.9 Å². The standard InChI is InChI=1S/C19H37N3O4/c1-15(2)12-21(18(23)24)14-17(22(19(25)26)13-16(3)4)8-7-11-20-9-5-6-10-20/h15-17H,5-14H2,1-4H3,(H,23,24)(H,25,26). The highest BCUT2D eigenvalue weighted by atomic mass is 16.4. The summed E-state index contributed by atoms with van der Waals surface area (Å²) in [6.07, 6.45) is 2.12. The van der Waals surface area contributed by atoms with Crippen LogP contribution in [0.1, 0.15) is 53.4 Å². The van der Waals surface area contributed by atoms with Gasteiger partial charge in [-0.3, -0.25) is 0 Å². The Kier molecular flexibility index (Phi) is 9.76. The second-order valence-electron chi connectivity index (χ2n) is 8.25. The predicted octanol–water partition coefficient (Wildman–Crippen LogP) is 3.50. The number of hydrogen-bond donors (Lipinski definition) is 2. The molecule has 1 aliphatic heterocycles. The summed E-state index contributed by atoms with van der Waals surface area (Å²) in [7, 11) is 0. The minimum atomic E-state index is -0.974. The zero-order valence-electron chi connectivity index (χ0n) is 16.9. The summed E-state index contributed by atoms with van der Waals surface area (Å²) >= 11 is 0. The molecule has 7 heteroatoms. The van der Waals surface area contributed by atoms with E-state index in [9.17, 15) is 19.8 Å². The fourth-order valence-electron chi connectivity index (χ4n) is 3.61. The number of nitrogens with zero attached hydrogens (tertiary/aromatic N) is 3. The van der Waals surface area contributed by atoms with Crippen molar-refractivity contribution in [1.29, 1.82) is 0 Å². The van der Waals surface area contributed by atoms with E-state index in [1.165, 1.54) is 22.6 Å². The van der Waals surface area contributed by atoms with E-state index in [4.69, 9.17) is 0 Å². The van der Waals surface area contributed by atoms with Crippen LogP contribution in [-0.2, 0) is 0 Å². The fraction of sp³-hybridized carbons (Fsp3) is 0.895. The van der Waals surface area contributed by atoms with Crippen molar-refractivity contribution in [2.45, 2.75) is 59.4 Å². The lowest BCUT2D eigenvalue weighted by atomic mass is 10.1. The van der Waals surface area contributed by atoms with Gasteiger partial charge in [0.05, 0.1) is 6.04 Å². The van der Waals surface area contributed by atoms with Crippen molar-refractivity contribution in [1.82, 2.24) is 14.7 Å². The van der Waals surface area contributed by atoms with Crippen LogP contribution in [0.4, 0.5) is 9.59 Å². The summed E-state index contributed by atoms with van der Waals surface area (Å²) in [5, 5.41) is 19.2. The molecule has 26 heavy (non-hydrogen) atoms. The van der Waals surface area contributed by atoms with Gasteiger partial charge in [-0.05, 0) is 57.2 Å². The predicted molar refractivity (Wildman–Crippen MR) is 103 cm³/mol. The van der Waals surface area contributed by atoms with Gasteiger partial charge >= 0.3 is 12.2 Å². The highest BCUT2D eigenvalue weighted by Gasteiger charge is 2.28. The van der Waals surface area contributed by atoms with Crippen molar-refractivity contribution in [3.05, 3.63) is 0 Å². The largest absolute Gasteiger partial charge is 0.465 e. The first-order chi connectivity index (χ1) is 12.2. The van der Waals surface area contributed by atoms with E-state index in [1.54, 1.807) is 0 Å². The lowest BCUT2D eigenvalue weighted by molar-refractivity contribution is 0.0847. The molecule has 0 aliphatic carbocycles. The van der Waals surface area contributed by atoms with E-state index in [0.717, 1.165) is 26.1 Å². The average Bonchev–Trinajstić information content (AvgIpc) is 3.03. The van der Waals surface area contributed by atoms with Crippen LogP contribution in [0.2, 0.25) is 0 Å². The Morgan fingerprint density at radius 2 is 1.50 bits per heavy atom. The Hall–Kier alpha value is -1.50. The molecule has 1 fully saturated rings. The van der Waals surface area contributed by atoms with Gasteiger partial charge in [-0.2, -0.15) is 0 Å². The molecule has 1 saturated heterocycles. The minimum absolute atomic E-state index is 0.204. The maximum Gasteiger partial charge on any atom is 0.407 e. The number of likely N-dealkylation sites (tertiary alicyclic amines) is 1. The zero-order valence-corrected chi connectivity index (χ0v) is 16.9. The van der Waals surface area contributed by atoms with Gasteiger partial charge in [0.25, 0.3) is 0 Å². The summed E-state index contributed by atoms with van der Waals surface area (Å²) in [6.45, 7) is 12.2. The Morgan fingerprint density at radius 1 is 0.923 bits per heavy atom. The van der Waals surface area contributed by atoms with E-state index in [1.807, 2.05) is 27.7 Å². The molecule has 0 saturated carbocycles. The van der Waals surface area contributed by atoms with Crippen molar-refractivity contribution >= 4 is 12.2 Å². The molecule has 7 nitrogen and oxygen atoms in total. The van der Waals surface area contributed by atoms with Gasteiger partial charge in [-0.15, -0.1) is 0 Å². The molecule has 1 aliphatic rings. The lowest BCUT2D eigenvalue weighted by Crippen LogP contribution is -2.50. The topological polar surface area (TPSA) is 84.3 Å². The van der Waals surface area contributed by atoms with Gasteiger partial charge in [0.2, 0.25) is 0 Å². The maximum atomic E-state index is 11.8. The summed E-state index contributed by atoms with van der Waals surface area (Å²) in [4.78, 5) is 28.7. The smallest absolute Gasteiger partial charge is 0.407 e. The molecule has 1 heterocycles. The second-order valence-corrected chi connectivity index (χ2v) is 8.25. The van der Waals surface area contributed by atoms with Gasteiger partial charge in [-0.1, -0.05) is 27.7 Å². The minimum Gasteiger partial charge on any atom is -0.465 e. The van der Waals surface area contributed by atoms with Gasteiger partial charge in [0.1, 0.15) is 0 Å². The molecule has 2 N–H and O–H groups in total. The third-order valence-electron chi connectivity index (χ3n) is 4.75. The average molecular weight is 372 g/mol. The number of carboxylic acid groups (broad SMARTS) is 2. The number of carbonyl (C=O) groups is 2. The second kappa shape index (κ2) is 11.3. The van der Waals surface area contributed by atoms with Crippen LogP contribution < -0.4 is 0 Å². The Balaban J connectivity index is 2.79. The molecule has 152 valence electrons. The molecule has 2 amide bonds. The third-order valence-corrected chi connectivity index (χ3v) is 4.75. The van der Waals surface area contributed by atoms with Crippen LogP contribution in [-0.4, -0.2) is 82.4 Å². The Labute approximate surface area is 157 Å². The highest BCUT2D eigenvalue weighted by molar-refractivity contribution is 5.67. The first kappa shape index (κ1) is 22.5. The third kappa shape index (κ3) is 8.25. The quantitative estimate of drug-likeness (QED) is 0.581. The fourth-order valence-corrected chi connectivity index (χ4v) is 3.61. The van der Waals surface area contributed by atoms with Crippen molar-refractivity contribution in [3.8, 4) is 0 Å². The van der Waals surface area contributed by atoms with E-state index in [0.29, 0.717) is 19.5 Å². The number of amides is 2. The van der Waals surface area contributed by atoms with Crippen LogP contribution in [0.5, 0.6) is 0 Å². The molecule has 1 unspecified atom stereocenters. The highest BCUT2D eigenvalue weighted by Crippen LogP contribution is 2.16. The normalized spacial score (nSPS) is 16.2. The van der Waals surface area contributed by atoms with Crippen LogP contribution in [0, 0.1) is 11.8 Å². The molecular weight excluding hydrogens is 334 g/mol. The summed E-state index contributed by atoms with van der Waals surface area (Å²) in [6, 6.07) is -0.299. The molecular formula is C19H37N3O4.